The van der Waals surface area contributed by atoms with Gasteiger partial charge in [0.15, 0.2) is 10.9 Å². The summed E-state index contributed by atoms with van der Waals surface area (Å²) in [6.07, 6.45) is 0. The Balaban J connectivity index is 0.00000128. The van der Waals surface area contributed by atoms with Crippen molar-refractivity contribution in [3.05, 3.63) is 73.0 Å². The van der Waals surface area contributed by atoms with Gasteiger partial charge < -0.3 is 25.5 Å². The molecule has 0 amide bonds. The molecule has 0 spiro atoms. The monoisotopic (exact) mass is 520 g/mol. The van der Waals surface area contributed by atoms with Crippen molar-refractivity contribution in [3.63, 3.8) is 0 Å². The Morgan fingerprint density at radius 3 is 1.70 bits per heavy atom. The first-order valence-electron chi connectivity index (χ1n) is 8.54. The normalized spacial score (nSPS) is 11.2. The number of aromatic nitrogens is 2. The zero-order chi connectivity index (χ0) is 21.4. The fourth-order valence-corrected chi connectivity index (χ4v) is 4.80. The summed E-state index contributed by atoms with van der Waals surface area (Å²) in [5, 5.41) is 1.16. The Morgan fingerprint density at radius 1 is 0.697 bits per heavy atom. The fourth-order valence-electron chi connectivity index (χ4n) is 3.62. The number of hydrogen-bond donors (Lipinski definition) is 2. The summed E-state index contributed by atoms with van der Waals surface area (Å²) in [5.74, 6) is 0. The van der Waals surface area contributed by atoms with E-state index in [0.29, 0.717) is 32.3 Å². The van der Waals surface area contributed by atoms with Crippen LogP contribution in [0.25, 0.3) is 43.6 Å². The maximum atomic E-state index is 13.1. The molecule has 13 heteroatoms. The third-order valence-electron chi connectivity index (χ3n) is 5.00. The van der Waals surface area contributed by atoms with E-state index in [1.807, 2.05) is 0 Å². The summed E-state index contributed by atoms with van der Waals surface area (Å²) in [5.41, 5.74) is 0.806. The predicted molar refractivity (Wildman–Crippen MR) is 125 cm³/mol. The molecular weight excluding hydrogens is 510 g/mol. The average Bonchev–Trinajstić information content (AvgIpc) is 2.66. The molecule has 0 atom stereocenters. The van der Waals surface area contributed by atoms with Gasteiger partial charge in [0, 0.05) is 26.6 Å². The van der Waals surface area contributed by atoms with Crippen LogP contribution in [0.4, 0.5) is 0 Å². The molecule has 33 heavy (non-hydrogen) atoms. The third kappa shape index (κ3) is 4.26. The molecule has 3 aromatic carbocycles. The minimum absolute atomic E-state index is 0. The van der Waals surface area contributed by atoms with E-state index in [1.54, 1.807) is 24.3 Å². The number of halogens is 2. The summed E-state index contributed by atoms with van der Waals surface area (Å²) in [6.45, 7) is 0. The number of aromatic amines is 2. The third-order valence-corrected chi connectivity index (χ3v) is 6.53. The minimum Gasteiger partial charge on any atom is -0.870 e. The van der Waals surface area contributed by atoms with E-state index in [4.69, 9.17) is 23.2 Å². The Morgan fingerprint density at radius 2 is 1.15 bits per heavy atom. The maximum absolute atomic E-state index is 13.1. The molecule has 0 bridgehead atoms. The second kappa shape index (κ2) is 9.06. The summed E-state index contributed by atoms with van der Waals surface area (Å²) in [6, 6.07) is 10.1. The Hall–Kier alpha value is -2.46. The van der Waals surface area contributed by atoms with E-state index in [-0.39, 0.29) is 55.1 Å². The van der Waals surface area contributed by atoms with Gasteiger partial charge in [0.1, 0.15) is 10.1 Å². The first-order chi connectivity index (χ1) is 14.1. The van der Waals surface area contributed by atoms with Crippen LogP contribution < -0.4 is 10.9 Å². The molecule has 0 saturated heterocycles. The SMILES string of the molecule is O=c1c2ccc(Cl)cc2[nH]c2cc3c(=O)c4cc(S(=O)(=O)[O-])c(Cl)cc4[nH]c3cc12.[Al+3].[OH-].[OH-]. The van der Waals surface area contributed by atoms with Crippen molar-refractivity contribution in [1.82, 2.24) is 9.97 Å². The van der Waals surface area contributed by atoms with E-state index in [0.717, 1.165) is 6.07 Å². The molecule has 0 saturated carbocycles. The van der Waals surface area contributed by atoms with Crippen LogP contribution in [0.2, 0.25) is 10.0 Å². The van der Waals surface area contributed by atoms with Crippen LogP contribution in [0, 0.1) is 0 Å². The molecule has 0 aliphatic carbocycles. The van der Waals surface area contributed by atoms with Crippen molar-refractivity contribution in [2.75, 3.05) is 0 Å². The van der Waals surface area contributed by atoms with E-state index in [1.165, 1.54) is 12.1 Å². The minimum atomic E-state index is -4.86. The molecule has 5 rings (SSSR count). The first-order valence-corrected chi connectivity index (χ1v) is 10.7. The van der Waals surface area contributed by atoms with Crippen molar-refractivity contribution in [3.8, 4) is 0 Å². The number of pyridine rings is 2. The Labute approximate surface area is 205 Å². The first kappa shape index (κ1) is 26.8. The number of nitrogens with one attached hydrogen (secondary N) is 2. The number of hydrogen-bond acceptors (Lipinski definition) is 7. The molecule has 9 nitrogen and oxygen atoms in total. The van der Waals surface area contributed by atoms with E-state index >= 15 is 0 Å². The zero-order valence-electron chi connectivity index (χ0n) is 16.2. The molecule has 0 fully saturated rings. The van der Waals surface area contributed by atoms with Crippen LogP contribution >= 0.6 is 23.2 Å². The maximum Gasteiger partial charge on any atom is 3.00 e. The second-order valence-corrected chi connectivity index (χ2v) is 9.02. The molecule has 166 valence electrons. The smallest absolute Gasteiger partial charge is 0.870 e. The predicted octanol–water partition coefficient (Wildman–Crippen LogP) is 3.15. The molecule has 2 heterocycles. The van der Waals surface area contributed by atoms with Gasteiger partial charge in [-0.05, 0) is 42.5 Å². The van der Waals surface area contributed by atoms with Crippen LogP contribution in [0.3, 0.4) is 0 Å². The molecule has 0 aliphatic heterocycles. The van der Waals surface area contributed by atoms with Crippen molar-refractivity contribution < 1.29 is 23.9 Å². The summed E-state index contributed by atoms with van der Waals surface area (Å²) in [4.78, 5) is 31.4. The summed E-state index contributed by atoms with van der Waals surface area (Å²) in [7, 11) is -4.86. The number of rotatable bonds is 1. The molecular formula is C20H11AlCl2N2O7S. The van der Waals surface area contributed by atoms with Gasteiger partial charge >= 0.3 is 17.4 Å². The van der Waals surface area contributed by atoms with E-state index < -0.39 is 20.4 Å². The van der Waals surface area contributed by atoms with Crippen molar-refractivity contribution in [2.24, 2.45) is 0 Å². The van der Waals surface area contributed by atoms with E-state index in [9.17, 15) is 22.6 Å². The largest absolute Gasteiger partial charge is 3.00 e. The van der Waals surface area contributed by atoms with Crippen molar-refractivity contribution >= 4 is 94.3 Å². The fraction of sp³-hybridized carbons (Fsp3) is 0. The standard InChI is InChI=1S/C20H10Cl2N2O5S.Al.2H2O/c21-8-1-2-9-14(3-8)23-15-5-11-16(4-10(15)19(9)25)24-17-7-13(22)18(30(27,28)29)6-12(17)20(11)26;;;/h1-7H,(H,23,25)(H,24,26)(H,27,28,29);;2*1H2/q;+3;;/p-3. The van der Waals surface area contributed by atoms with Gasteiger partial charge in [0.25, 0.3) is 0 Å². The van der Waals surface area contributed by atoms with Crippen molar-refractivity contribution in [2.45, 2.75) is 4.90 Å². The van der Waals surface area contributed by atoms with Gasteiger partial charge in [-0.25, -0.2) is 8.42 Å². The van der Waals surface area contributed by atoms with Gasteiger partial charge in [-0.15, -0.1) is 0 Å². The molecule has 0 unspecified atom stereocenters. The zero-order valence-corrected chi connectivity index (χ0v) is 19.7. The Kier molecular flexibility index (Phi) is 7.36. The number of benzene rings is 3. The molecule has 0 radical (unpaired) electrons. The number of H-pyrrole nitrogens is 2. The van der Waals surface area contributed by atoms with Crippen LogP contribution in [0.15, 0.2) is 56.9 Å². The molecule has 4 N–H and O–H groups in total. The topological polar surface area (TPSA) is 183 Å². The Bertz CT molecular complexity index is 1800. The molecule has 5 aromatic rings. The van der Waals surface area contributed by atoms with Gasteiger partial charge in [0.05, 0.1) is 32.0 Å². The van der Waals surface area contributed by atoms with Gasteiger partial charge in [-0.2, -0.15) is 0 Å². The molecule has 2 aromatic heterocycles. The number of fused-ring (bicyclic) bond motifs is 4. The average molecular weight is 521 g/mol. The van der Waals surface area contributed by atoms with Crippen molar-refractivity contribution in [1.29, 1.82) is 0 Å². The van der Waals surface area contributed by atoms with E-state index in [2.05, 4.69) is 9.97 Å². The quantitative estimate of drug-likeness (QED) is 0.193. The van der Waals surface area contributed by atoms with Gasteiger partial charge in [-0.3, -0.25) is 9.59 Å². The van der Waals surface area contributed by atoms with Gasteiger partial charge in [-0.1, -0.05) is 23.2 Å². The second-order valence-electron chi connectivity index (χ2n) is 6.82. The van der Waals surface area contributed by atoms with Crippen LogP contribution in [-0.4, -0.2) is 51.3 Å². The summed E-state index contributed by atoms with van der Waals surface area (Å²) >= 11 is 11.9. The van der Waals surface area contributed by atoms with Crippen LogP contribution in [0.5, 0.6) is 0 Å². The van der Waals surface area contributed by atoms with Crippen LogP contribution in [0.1, 0.15) is 0 Å². The van der Waals surface area contributed by atoms with Gasteiger partial charge in [0.2, 0.25) is 0 Å². The van der Waals surface area contributed by atoms with Crippen LogP contribution in [-0.2, 0) is 10.1 Å². The molecule has 0 aliphatic rings. The summed E-state index contributed by atoms with van der Waals surface area (Å²) < 4.78 is 34.3.